The summed E-state index contributed by atoms with van der Waals surface area (Å²) in [5, 5.41) is 8.42. The highest BCUT2D eigenvalue weighted by Gasteiger charge is 2.04. The number of hydrogen-bond donors (Lipinski definition) is 1. The van der Waals surface area contributed by atoms with Crippen LogP contribution in [0.4, 0.5) is 0 Å². The number of nitrogens with one attached hydrogen (secondary N) is 1. The van der Waals surface area contributed by atoms with E-state index < -0.39 is 0 Å². The normalized spacial score (nSPS) is 10.8. The summed E-state index contributed by atoms with van der Waals surface area (Å²) in [7, 11) is 0. The van der Waals surface area contributed by atoms with E-state index in [1.165, 1.54) is 5.56 Å². The van der Waals surface area contributed by atoms with Crippen molar-refractivity contribution in [3.8, 4) is 11.1 Å². The smallest absolute Gasteiger partial charge is 0.132 e. The summed E-state index contributed by atoms with van der Waals surface area (Å²) in [6.07, 6.45) is 0. The van der Waals surface area contributed by atoms with E-state index >= 15 is 0 Å². The third kappa shape index (κ3) is 1.48. The van der Waals surface area contributed by atoms with Gasteiger partial charge in [-0.25, -0.2) is 0 Å². The van der Waals surface area contributed by atoms with Crippen LogP contribution in [0.1, 0.15) is 0 Å². The standard InChI is InChI=1S/C13H9ClN2/c14-13-11-8-10(6-7-12(11)15-16-13)9-4-2-1-3-5-9/h1-8H,(H,15,16). The number of benzene rings is 2. The molecular formula is C13H9ClN2. The molecule has 3 heteroatoms. The van der Waals surface area contributed by atoms with Gasteiger partial charge < -0.3 is 0 Å². The maximum atomic E-state index is 6.01. The zero-order valence-electron chi connectivity index (χ0n) is 8.44. The summed E-state index contributed by atoms with van der Waals surface area (Å²) < 4.78 is 0. The van der Waals surface area contributed by atoms with E-state index in [1.807, 2.05) is 24.3 Å². The summed E-state index contributed by atoms with van der Waals surface area (Å²) in [6, 6.07) is 16.3. The van der Waals surface area contributed by atoms with Gasteiger partial charge in [0.2, 0.25) is 0 Å². The number of aromatic nitrogens is 2. The number of fused-ring (bicyclic) bond motifs is 1. The van der Waals surface area contributed by atoms with Crippen LogP contribution in [0.25, 0.3) is 22.0 Å². The molecule has 2 aromatic carbocycles. The van der Waals surface area contributed by atoms with Gasteiger partial charge in [-0.15, -0.1) is 0 Å². The van der Waals surface area contributed by atoms with Gasteiger partial charge in [-0.05, 0) is 23.3 Å². The van der Waals surface area contributed by atoms with Gasteiger partial charge in [-0.1, -0.05) is 48.0 Å². The molecule has 0 radical (unpaired) electrons. The summed E-state index contributed by atoms with van der Waals surface area (Å²) in [5.41, 5.74) is 3.22. The van der Waals surface area contributed by atoms with Gasteiger partial charge in [-0.2, -0.15) is 5.10 Å². The Bertz CT molecular complexity index is 629. The highest BCUT2D eigenvalue weighted by molar-refractivity contribution is 6.34. The molecule has 3 aromatic rings. The van der Waals surface area contributed by atoms with Gasteiger partial charge in [-0.3, -0.25) is 5.10 Å². The molecule has 0 saturated heterocycles. The predicted octanol–water partition coefficient (Wildman–Crippen LogP) is 3.88. The third-order valence-electron chi connectivity index (χ3n) is 2.61. The summed E-state index contributed by atoms with van der Waals surface area (Å²) in [4.78, 5) is 0. The Balaban J connectivity index is 2.22. The molecule has 2 nitrogen and oxygen atoms in total. The second-order valence-corrected chi connectivity index (χ2v) is 4.01. The van der Waals surface area contributed by atoms with Crippen LogP contribution in [-0.2, 0) is 0 Å². The van der Waals surface area contributed by atoms with Gasteiger partial charge in [0.05, 0.1) is 5.52 Å². The highest BCUT2D eigenvalue weighted by atomic mass is 35.5. The molecule has 0 aliphatic carbocycles. The largest absolute Gasteiger partial charge is 0.266 e. The molecule has 1 aromatic heterocycles. The Morgan fingerprint density at radius 3 is 2.56 bits per heavy atom. The lowest BCUT2D eigenvalue weighted by Crippen LogP contribution is -1.76. The maximum Gasteiger partial charge on any atom is 0.132 e. The zero-order chi connectivity index (χ0) is 11.0. The highest BCUT2D eigenvalue weighted by Crippen LogP contribution is 2.26. The number of H-pyrrole nitrogens is 1. The van der Waals surface area contributed by atoms with Gasteiger partial charge in [0.15, 0.2) is 0 Å². The molecule has 0 aliphatic heterocycles. The van der Waals surface area contributed by atoms with Crippen LogP contribution in [-0.4, -0.2) is 10.2 Å². The van der Waals surface area contributed by atoms with E-state index in [-0.39, 0.29) is 0 Å². The molecule has 0 bridgehead atoms. The average molecular weight is 229 g/mol. The number of nitrogens with zero attached hydrogens (tertiary/aromatic N) is 1. The molecule has 16 heavy (non-hydrogen) atoms. The number of halogens is 1. The minimum atomic E-state index is 0.591. The fraction of sp³-hybridized carbons (Fsp3) is 0. The fourth-order valence-electron chi connectivity index (χ4n) is 1.79. The topological polar surface area (TPSA) is 28.7 Å². The third-order valence-corrected chi connectivity index (χ3v) is 2.90. The SMILES string of the molecule is Clc1[nH]nc2ccc(-c3ccccc3)cc12. The van der Waals surface area contributed by atoms with Crippen LogP contribution in [0.2, 0.25) is 5.15 Å². The van der Waals surface area contributed by atoms with Crippen molar-refractivity contribution in [3.63, 3.8) is 0 Å². The van der Waals surface area contributed by atoms with Crippen LogP contribution >= 0.6 is 11.6 Å². The maximum absolute atomic E-state index is 6.01. The van der Waals surface area contributed by atoms with Crippen LogP contribution in [0.15, 0.2) is 48.5 Å². The molecule has 1 heterocycles. The predicted molar refractivity (Wildman–Crippen MR) is 66.5 cm³/mol. The monoisotopic (exact) mass is 228 g/mol. The molecule has 78 valence electrons. The van der Waals surface area contributed by atoms with Crippen LogP contribution in [0.3, 0.4) is 0 Å². The van der Waals surface area contributed by atoms with Crippen molar-refractivity contribution in [1.82, 2.24) is 10.2 Å². The fourth-order valence-corrected chi connectivity index (χ4v) is 1.98. The van der Waals surface area contributed by atoms with E-state index in [4.69, 9.17) is 11.6 Å². The van der Waals surface area contributed by atoms with Gasteiger partial charge >= 0.3 is 0 Å². The van der Waals surface area contributed by atoms with Crippen LogP contribution < -0.4 is 0 Å². The molecule has 3 rings (SSSR count). The van der Waals surface area contributed by atoms with Gasteiger partial charge in [0, 0.05) is 5.39 Å². The van der Waals surface area contributed by atoms with E-state index in [9.17, 15) is 0 Å². The van der Waals surface area contributed by atoms with Crippen molar-refractivity contribution in [2.75, 3.05) is 0 Å². The first kappa shape index (κ1) is 9.43. The molecule has 1 N–H and O–H groups in total. The minimum absolute atomic E-state index is 0.591. The second-order valence-electron chi connectivity index (χ2n) is 3.64. The summed E-state index contributed by atoms with van der Waals surface area (Å²) >= 11 is 6.01. The molecule has 0 atom stereocenters. The number of hydrogen-bond acceptors (Lipinski definition) is 1. The van der Waals surface area contributed by atoms with Gasteiger partial charge in [0.25, 0.3) is 0 Å². The Kier molecular flexibility index (Phi) is 2.15. The molecule has 0 amide bonds. The quantitative estimate of drug-likeness (QED) is 0.673. The lowest BCUT2D eigenvalue weighted by atomic mass is 10.0. The van der Waals surface area contributed by atoms with Crippen molar-refractivity contribution >= 4 is 22.5 Å². The summed E-state index contributed by atoms with van der Waals surface area (Å²) in [5.74, 6) is 0. The average Bonchev–Trinajstić information content (AvgIpc) is 2.72. The van der Waals surface area contributed by atoms with Crippen LogP contribution in [0, 0.1) is 0 Å². The van der Waals surface area contributed by atoms with E-state index in [0.717, 1.165) is 16.5 Å². The first-order valence-electron chi connectivity index (χ1n) is 5.03. The van der Waals surface area contributed by atoms with Crippen molar-refractivity contribution < 1.29 is 0 Å². The molecular weight excluding hydrogens is 220 g/mol. The Hall–Kier alpha value is -1.80. The molecule has 0 aliphatic rings. The van der Waals surface area contributed by atoms with E-state index in [0.29, 0.717) is 5.15 Å². The van der Waals surface area contributed by atoms with E-state index in [2.05, 4.69) is 34.5 Å². The number of aromatic amines is 1. The second kappa shape index (κ2) is 3.65. The van der Waals surface area contributed by atoms with Crippen LogP contribution in [0.5, 0.6) is 0 Å². The van der Waals surface area contributed by atoms with E-state index in [1.54, 1.807) is 0 Å². The minimum Gasteiger partial charge on any atom is -0.266 e. The molecule has 0 fully saturated rings. The lowest BCUT2D eigenvalue weighted by molar-refractivity contribution is 1.12. The Morgan fingerprint density at radius 1 is 0.938 bits per heavy atom. The molecule has 0 unspecified atom stereocenters. The van der Waals surface area contributed by atoms with Crippen molar-refractivity contribution in [2.24, 2.45) is 0 Å². The van der Waals surface area contributed by atoms with Crippen molar-refractivity contribution in [2.45, 2.75) is 0 Å². The summed E-state index contributed by atoms with van der Waals surface area (Å²) in [6.45, 7) is 0. The lowest BCUT2D eigenvalue weighted by Gasteiger charge is -2.00. The first-order chi connectivity index (χ1) is 7.84. The van der Waals surface area contributed by atoms with Crippen molar-refractivity contribution in [1.29, 1.82) is 0 Å². The van der Waals surface area contributed by atoms with Crippen molar-refractivity contribution in [3.05, 3.63) is 53.7 Å². The molecule has 0 spiro atoms. The Morgan fingerprint density at radius 2 is 1.75 bits per heavy atom. The first-order valence-corrected chi connectivity index (χ1v) is 5.41. The molecule has 0 saturated carbocycles. The van der Waals surface area contributed by atoms with Gasteiger partial charge in [0.1, 0.15) is 5.15 Å². The number of rotatable bonds is 1. The Labute approximate surface area is 97.9 Å². The zero-order valence-corrected chi connectivity index (χ0v) is 9.20.